The van der Waals surface area contributed by atoms with Crippen LogP contribution < -0.4 is 16.0 Å². The Hall–Kier alpha value is -2.69. The SMILES string of the molecule is CCNC(=NCCc1c[nH]c2cc(F)ccc12)NCCNC(=O)Cc1cccc(F)c1.I. The third kappa shape index (κ3) is 7.77. The molecule has 0 aliphatic heterocycles. The number of amides is 1. The van der Waals surface area contributed by atoms with Gasteiger partial charge in [0.1, 0.15) is 11.6 Å². The highest BCUT2D eigenvalue weighted by Crippen LogP contribution is 2.19. The summed E-state index contributed by atoms with van der Waals surface area (Å²) in [6.07, 6.45) is 2.74. The van der Waals surface area contributed by atoms with E-state index >= 15 is 0 Å². The molecule has 0 radical (unpaired) electrons. The minimum Gasteiger partial charge on any atom is -0.361 e. The molecule has 3 aromatic rings. The number of aliphatic imine (C=N–C) groups is 1. The van der Waals surface area contributed by atoms with E-state index in [1.807, 2.05) is 13.1 Å². The Kier molecular flexibility index (Phi) is 10.4. The highest BCUT2D eigenvalue weighted by atomic mass is 127. The van der Waals surface area contributed by atoms with Gasteiger partial charge in [-0.2, -0.15) is 0 Å². The quantitative estimate of drug-likeness (QED) is 0.141. The number of H-pyrrole nitrogens is 1. The smallest absolute Gasteiger partial charge is 0.224 e. The van der Waals surface area contributed by atoms with Crippen LogP contribution in [0.1, 0.15) is 18.1 Å². The number of aromatic amines is 1. The lowest BCUT2D eigenvalue weighted by Crippen LogP contribution is -2.41. The fourth-order valence-electron chi connectivity index (χ4n) is 3.27. The largest absolute Gasteiger partial charge is 0.361 e. The van der Waals surface area contributed by atoms with Gasteiger partial charge in [0, 0.05) is 43.3 Å². The Morgan fingerprint density at radius 1 is 1.03 bits per heavy atom. The number of benzene rings is 2. The monoisotopic (exact) mass is 555 g/mol. The van der Waals surface area contributed by atoms with Crippen molar-refractivity contribution in [2.75, 3.05) is 26.2 Å². The van der Waals surface area contributed by atoms with Crippen molar-refractivity contribution in [2.45, 2.75) is 19.8 Å². The van der Waals surface area contributed by atoms with Crippen LogP contribution >= 0.6 is 24.0 Å². The number of nitrogens with one attached hydrogen (secondary N) is 4. The van der Waals surface area contributed by atoms with Crippen molar-refractivity contribution in [3.8, 4) is 0 Å². The van der Waals surface area contributed by atoms with Crippen molar-refractivity contribution in [3.63, 3.8) is 0 Å². The molecular weight excluding hydrogens is 527 g/mol. The third-order valence-electron chi connectivity index (χ3n) is 4.72. The Bertz CT molecular complexity index is 1050. The van der Waals surface area contributed by atoms with Crippen LogP contribution in [0.5, 0.6) is 0 Å². The first-order valence-corrected chi connectivity index (χ1v) is 10.3. The maximum absolute atomic E-state index is 13.3. The van der Waals surface area contributed by atoms with Crippen molar-refractivity contribution in [1.82, 2.24) is 20.9 Å². The maximum Gasteiger partial charge on any atom is 0.224 e. The minimum absolute atomic E-state index is 0. The van der Waals surface area contributed by atoms with E-state index in [1.165, 1.54) is 24.3 Å². The highest BCUT2D eigenvalue weighted by molar-refractivity contribution is 14.0. The second kappa shape index (κ2) is 13.0. The van der Waals surface area contributed by atoms with Gasteiger partial charge in [-0.15, -0.1) is 24.0 Å². The van der Waals surface area contributed by atoms with Gasteiger partial charge in [-0.25, -0.2) is 8.78 Å². The van der Waals surface area contributed by atoms with Crippen LogP contribution in [-0.4, -0.2) is 43.0 Å². The summed E-state index contributed by atoms with van der Waals surface area (Å²) in [5.41, 5.74) is 2.50. The van der Waals surface area contributed by atoms with Crippen LogP contribution in [0, 0.1) is 11.6 Å². The van der Waals surface area contributed by atoms with Crippen LogP contribution in [0.3, 0.4) is 0 Å². The number of fused-ring (bicyclic) bond motifs is 1. The van der Waals surface area contributed by atoms with E-state index in [4.69, 9.17) is 0 Å². The molecule has 172 valence electrons. The van der Waals surface area contributed by atoms with E-state index in [1.54, 1.807) is 18.2 Å². The molecule has 6 nitrogen and oxygen atoms in total. The normalized spacial score (nSPS) is 11.2. The summed E-state index contributed by atoms with van der Waals surface area (Å²) in [7, 11) is 0. The zero-order chi connectivity index (χ0) is 22.1. The molecule has 0 saturated carbocycles. The lowest BCUT2D eigenvalue weighted by molar-refractivity contribution is -0.120. The fourth-order valence-corrected chi connectivity index (χ4v) is 3.27. The lowest BCUT2D eigenvalue weighted by atomic mass is 10.1. The Labute approximate surface area is 203 Å². The van der Waals surface area contributed by atoms with Gasteiger partial charge in [0.2, 0.25) is 5.91 Å². The molecular formula is C23H28F2IN5O. The number of guanidine groups is 1. The number of hydrogen-bond acceptors (Lipinski definition) is 2. The standard InChI is InChI=1S/C23H27F2N5O.HI/c1-2-26-23(28-9-8-17-15-30-21-14-19(25)6-7-20(17)21)29-11-10-27-22(31)13-16-4-3-5-18(24)12-16;/h3-7,12,14-15,30H,2,8-11,13H2,1H3,(H,27,31)(H2,26,28,29);1H. The molecule has 0 bridgehead atoms. The summed E-state index contributed by atoms with van der Waals surface area (Å²) in [5.74, 6) is -0.114. The Balaban J connectivity index is 0.00000363. The van der Waals surface area contributed by atoms with Gasteiger partial charge < -0.3 is 20.9 Å². The molecule has 0 aliphatic rings. The molecule has 0 atom stereocenters. The van der Waals surface area contributed by atoms with E-state index in [-0.39, 0.29) is 47.9 Å². The summed E-state index contributed by atoms with van der Waals surface area (Å²) in [4.78, 5) is 19.6. The first-order chi connectivity index (χ1) is 15.0. The zero-order valence-corrected chi connectivity index (χ0v) is 20.2. The zero-order valence-electron chi connectivity index (χ0n) is 17.9. The van der Waals surface area contributed by atoms with Crippen LogP contribution in [0.25, 0.3) is 10.9 Å². The van der Waals surface area contributed by atoms with Gasteiger partial charge in [-0.1, -0.05) is 12.1 Å². The molecule has 2 aromatic carbocycles. The van der Waals surface area contributed by atoms with E-state index in [2.05, 4.69) is 25.9 Å². The topological polar surface area (TPSA) is 81.3 Å². The number of rotatable bonds is 9. The summed E-state index contributed by atoms with van der Waals surface area (Å²) in [6.45, 7) is 4.18. The summed E-state index contributed by atoms with van der Waals surface area (Å²) < 4.78 is 26.5. The van der Waals surface area contributed by atoms with Crippen LogP contribution in [0.15, 0.2) is 53.7 Å². The first kappa shape index (κ1) is 25.6. The lowest BCUT2D eigenvalue weighted by Gasteiger charge is -2.12. The van der Waals surface area contributed by atoms with E-state index in [0.717, 1.165) is 16.5 Å². The molecule has 0 unspecified atom stereocenters. The van der Waals surface area contributed by atoms with Crippen molar-refractivity contribution < 1.29 is 13.6 Å². The molecule has 1 aromatic heterocycles. The van der Waals surface area contributed by atoms with Crippen LogP contribution in [-0.2, 0) is 17.6 Å². The van der Waals surface area contributed by atoms with Gasteiger partial charge in [0.05, 0.1) is 6.42 Å². The average molecular weight is 555 g/mol. The molecule has 0 saturated heterocycles. The average Bonchev–Trinajstić information content (AvgIpc) is 3.13. The number of carbonyl (C=O) groups excluding carboxylic acids is 1. The number of carbonyl (C=O) groups is 1. The molecule has 0 aliphatic carbocycles. The van der Waals surface area contributed by atoms with Crippen molar-refractivity contribution >= 4 is 46.7 Å². The molecule has 32 heavy (non-hydrogen) atoms. The maximum atomic E-state index is 13.3. The molecule has 0 fully saturated rings. The van der Waals surface area contributed by atoms with Crippen LogP contribution in [0.4, 0.5) is 8.78 Å². The summed E-state index contributed by atoms with van der Waals surface area (Å²) >= 11 is 0. The van der Waals surface area contributed by atoms with Crippen molar-refractivity contribution in [1.29, 1.82) is 0 Å². The fraction of sp³-hybridized carbons (Fsp3) is 0.304. The van der Waals surface area contributed by atoms with E-state index < -0.39 is 0 Å². The minimum atomic E-state index is -0.349. The molecule has 0 spiro atoms. The van der Waals surface area contributed by atoms with Crippen molar-refractivity contribution in [2.24, 2.45) is 4.99 Å². The predicted octanol–water partition coefficient (Wildman–Crippen LogP) is 3.52. The number of aromatic nitrogens is 1. The van der Waals surface area contributed by atoms with Gasteiger partial charge in [-0.05, 0) is 54.8 Å². The molecule has 4 N–H and O–H groups in total. The third-order valence-corrected chi connectivity index (χ3v) is 4.72. The van der Waals surface area contributed by atoms with Crippen LogP contribution in [0.2, 0.25) is 0 Å². The van der Waals surface area contributed by atoms with Gasteiger partial charge in [0.15, 0.2) is 5.96 Å². The van der Waals surface area contributed by atoms with E-state index in [0.29, 0.717) is 44.1 Å². The summed E-state index contributed by atoms with van der Waals surface area (Å²) in [5, 5.41) is 10.2. The molecule has 1 heterocycles. The molecule has 9 heteroatoms. The van der Waals surface area contributed by atoms with Gasteiger partial charge in [-0.3, -0.25) is 9.79 Å². The molecule has 3 rings (SSSR count). The van der Waals surface area contributed by atoms with Crippen molar-refractivity contribution in [3.05, 3.63) is 71.4 Å². The van der Waals surface area contributed by atoms with E-state index in [9.17, 15) is 13.6 Å². The number of nitrogens with zero attached hydrogens (tertiary/aromatic N) is 1. The number of hydrogen-bond donors (Lipinski definition) is 4. The summed E-state index contributed by atoms with van der Waals surface area (Å²) in [6, 6.07) is 10.7. The predicted molar refractivity (Wildman–Crippen MR) is 134 cm³/mol. The molecule has 1 amide bonds. The van der Waals surface area contributed by atoms with Gasteiger partial charge in [0.25, 0.3) is 0 Å². The second-order valence-corrected chi connectivity index (χ2v) is 7.10. The second-order valence-electron chi connectivity index (χ2n) is 7.10. The Morgan fingerprint density at radius 3 is 2.59 bits per heavy atom. The highest BCUT2D eigenvalue weighted by Gasteiger charge is 2.06. The Morgan fingerprint density at radius 2 is 1.81 bits per heavy atom. The first-order valence-electron chi connectivity index (χ1n) is 10.3. The number of halogens is 3. The van der Waals surface area contributed by atoms with Gasteiger partial charge >= 0.3 is 0 Å².